The van der Waals surface area contributed by atoms with Gasteiger partial charge < -0.3 is 0 Å². The van der Waals surface area contributed by atoms with E-state index in [-0.39, 0.29) is 0 Å². The third-order valence-corrected chi connectivity index (χ3v) is 3.43. The summed E-state index contributed by atoms with van der Waals surface area (Å²) in [7, 11) is 0. The maximum Gasteiger partial charge on any atom is 0.214 e. The molecule has 0 N–H and O–H groups in total. The number of thioether (sulfide) groups is 1. The van der Waals surface area contributed by atoms with Crippen molar-refractivity contribution in [2.24, 2.45) is 0 Å². The topological polar surface area (TPSA) is 43.6 Å². The van der Waals surface area contributed by atoms with Crippen LogP contribution in [0, 0.1) is 0 Å². The molecule has 1 aromatic heterocycles. The van der Waals surface area contributed by atoms with Crippen molar-refractivity contribution in [3.05, 3.63) is 30.3 Å². The zero-order chi connectivity index (χ0) is 11.9. The highest BCUT2D eigenvalue weighted by atomic mass is 32.2. The Labute approximate surface area is 105 Å². The molecule has 0 atom stereocenters. The first-order valence-corrected chi connectivity index (χ1v) is 6.87. The number of nitrogens with zero attached hydrogens (tertiary/aromatic N) is 4. The minimum absolute atomic E-state index is 0.868. The van der Waals surface area contributed by atoms with E-state index >= 15 is 0 Å². The average molecular weight is 248 g/mol. The Morgan fingerprint density at radius 2 is 2.00 bits per heavy atom. The van der Waals surface area contributed by atoms with Gasteiger partial charge in [-0.3, -0.25) is 0 Å². The predicted octanol–water partition coefficient (Wildman–Crippen LogP) is 2.94. The molecule has 0 amide bonds. The second-order valence-corrected chi connectivity index (χ2v) is 4.83. The summed E-state index contributed by atoms with van der Waals surface area (Å²) in [5.41, 5.74) is 1.01. The van der Waals surface area contributed by atoms with Crippen LogP contribution in [0.25, 0.3) is 5.69 Å². The molecule has 90 valence electrons. The lowest BCUT2D eigenvalue weighted by atomic mass is 10.3. The number of hydrogen-bond donors (Lipinski definition) is 0. The predicted molar refractivity (Wildman–Crippen MR) is 69.4 cm³/mol. The Morgan fingerprint density at radius 3 is 2.76 bits per heavy atom. The molecule has 0 bridgehead atoms. The number of para-hydroxylation sites is 1. The molecule has 0 saturated heterocycles. The standard InChI is InChI=1S/C12H16N4S/c1-2-3-7-10-17-12-13-14-15-16(12)11-8-5-4-6-9-11/h4-6,8-9H,2-3,7,10H2,1H3. The highest BCUT2D eigenvalue weighted by Gasteiger charge is 2.07. The van der Waals surface area contributed by atoms with Gasteiger partial charge in [0.2, 0.25) is 5.16 Å². The van der Waals surface area contributed by atoms with Crippen LogP contribution in [-0.2, 0) is 0 Å². The van der Waals surface area contributed by atoms with E-state index in [0.29, 0.717) is 0 Å². The Balaban J connectivity index is 2.02. The summed E-state index contributed by atoms with van der Waals surface area (Å²) in [6.45, 7) is 2.21. The van der Waals surface area contributed by atoms with Crippen molar-refractivity contribution in [1.29, 1.82) is 0 Å². The minimum atomic E-state index is 0.868. The van der Waals surface area contributed by atoms with Crippen LogP contribution in [0.3, 0.4) is 0 Å². The molecule has 2 aromatic rings. The summed E-state index contributed by atoms with van der Waals surface area (Å²) in [4.78, 5) is 0. The molecular weight excluding hydrogens is 232 g/mol. The van der Waals surface area contributed by atoms with E-state index in [2.05, 4.69) is 22.4 Å². The van der Waals surface area contributed by atoms with Gasteiger partial charge in [-0.05, 0) is 29.0 Å². The Hall–Kier alpha value is -1.36. The summed E-state index contributed by atoms with van der Waals surface area (Å²) < 4.78 is 1.79. The van der Waals surface area contributed by atoms with E-state index in [9.17, 15) is 0 Å². The molecule has 0 spiro atoms. The summed E-state index contributed by atoms with van der Waals surface area (Å²) in [6.07, 6.45) is 3.72. The van der Waals surface area contributed by atoms with Crippen molar-refractivity contribution in [2.45, 2.75) is 31.3 Å². The van der Waals surface area contributed by atoms with E-state index < -0.39 is 0 Å². The molecule has 0 aliphatic rings. The number of rotatable bonds is 6. The fourth-order valence-electron chi connectivity index (χ4n) is 1.52. The summed E-state index contributed by atoms with van der Waals surface area (Å²) >= 11 is 1.72. The van der Waals surface area contributed by atoms with Crippen molar-refractivity contribution in [1.82, 2.24) is 20.2 Å². The van der Waals surface area contributed by atoms with Crippen LogP contribution in [0.4, 0.5) is 0 Å². The van der Waals surface area contributed by atoms with E-state index in [1.54, 1.807) is 16.4 Å². The van der Waals surface area contributed by atoms with E-state index in [1.807, 2.05) is 30.3 Å². The molecule has 2 rings (SSSR count). The second kappa shape index (κ2) is 6.39. The van der Waals surface area contributed by atoms with Gasteiger partial charge in [-0.25, -0.2) is 0 Å². The van der Waals surface area contributed by atoms with Crippen LogP contribution in [0.15, 0.2) is 35.5 Å². The average Bonchev–Trinajstić information content (AvgIpc) is 2.84. The van der Waals surface area contributed by atoms with Gasteiger partial charge in [0.1, 0.15) is 0 Å². The summed E-state index contributed by atoms with van der Waals surface area (Å²) in [5, 5.41) is 12.7. The van der Waals surface area contributed by atoms with Crippen LogP contribution in [-0.4, -0.2) is 26.0 Å². The fourth-order valence-corrected chi connectivity index (χ4v) is 2.41. The van der Waals surface area contributed by atoms with Gasteiger partial charge in [0.15, 0.2) is 0 Å². The molecule has 0 fully saturated rings. The van der Waals surface area contributed by atoms with Gasteiger partial charge in [-0.1, -0.05) is 49.7 Å². The lowest BCUT2D eigenvalue weighted by Gasteiger charge is -2.03. The lowest BCUT2D eigenvalue weighted by molar-refractivity contribution is 0.751. The maximum atomic E-state index is 4.06. The van der Waals surface area contributed by atoms with Crippen LogP contribution in [0.2, 0.25) is 0 Å². The fraction of sp³-hybridized carbons (Fsp3) is 0.417. The lowest BCUT2D eigenvalue weighted by Crippen LogP contribution is -1.98. The minimum Gasteiger partial charge on any atom is -0.188 e. The normalized spacial score (nSPS) is 10.6. The Kier molecular flexibility index (Phi) is 4.55. The highest BCUT2D eigenvalue weighted by molar-refractivity contribution is 7.99. The zero-order valence-electron chi connectivity index (χ0n) is 9.91. The zero-order valence-corrected chi connectivity index (χ0v) is 10.7. The van der Waals surface area contributed by atoms with E-state index in [0.717, 1.165) is 16.6 Å². The molecular formula is C12H16N4S. The van der Waals surface area contributed by atoms with E-state index in [4.69, 9.17) is 0 Å². The first kappa shape index (κ1) is 12.1. The first-order chi connectivity index (χ1) is 8.42. The first-order valence-electron chi connectivity index (χ1n) is 5.88. The smallest absolute Gasteiger partial charge is 0.188 e. The SMILES string of the molecule is CCCCCSc1nnnn1-c1ccccc1. The molecule has 17 heavy (non-hydrogen) atoms. The van der Waals surface area contributed by atoms with Crippen LogP contribution in [0.1, 0.15) is 26.2 Å². The quantitative estimate of drug-likeness (QED) is 0.582. The third kappa shape index (κ3) is 3.30. The van der Waals surface area contributed by atoms with Crippen molar-refractivity contribution < 1.29 is 0 Å². The molecule has 0 aliphatic carbocycles. The van der Waals surface area contributed by atoms with Crippen LogP contribution < -0.4 is 0 Å². The van der Waals surface area contributed by atoms with Gasteiger partial charge in [0, 0.05) is 5.75 Å². The van der Waals surface area contributed by atoms with Gasteiger partial charge in [-0.15, -0.1) is 5.10 Å². The van der Waals surface area contributed by atoms with Crippen molar-refractivity contribution in [3.8, 4) is 5.69 Å². The third-order valence-electron chi connectivity index (χ3n) is 2.42. The Bertz CT molecular complexity index is 441. The molecule has 0 unspecified atom stereocenters. The number of aromatic nitrogens is 4. The van der Waals surface area contributed by atoms with E-state index in [1.165, 1.54) is 19.3 Å². The maximum absolute atomic E-state index is 4.06. The monoisotopic (exact) mass is 248 g/mol. The molecule has 1 heterocycles. The number of unbranched alkanes of at least 4 members (excludes halogenated alkanes) is 2. The van der Waals surface area contributed by atoms with Crippen molar-refractivity contribution in [2.75, 3.05) is 5.75 Å². The molecule has 0 radical (unpaired) electrons. The van der Waals surface area contributed by atoms with Crippen LogP contribution >= 0.6 is 11.8 Å². The summed E-state index contributed by atoms with van der Waals surface area (Å²) in [6, 6.07) is 9.98. The molecule has 0 aliphatic heterocycles. The van der Waals surface area contributed by atoms with Crippen molar-refractivity contribution in [3.63, 3.8) is 0 Å². The number of benzene rings is 1. The molecule has 0 saturated carbocycles. The van der Waals surface area contributed by atoms with Gasteiger partial charge in [0.25, 0.3) is 0 Å². The second-order valence-electron chi connectivity index (χ2n) is 3.76. The van der Waals surface area contributed by atoms with Crippen LogP contribution in [0.5, 0.6) is 0 Å². The van der Waals surface area contributed by atoms with Gasteiger partial charge >= 0.3 is 0 Å². The van der Waals surface area contributed by atoms with Crippen molar-refractivity contribution >= 4 is 11.8 Å². The molecule has 4 nitrogen and oxygen atoms in total. The number of tetrazole rings is 1. The largest absolute Gasteiger partial charge is 0.214 e. The summed E-state index contributed by atoms with van der Waals surface area (Å²) in [5.74, 6) is 1.07. The highest BCUT2D eigenvalue weighted by Crippen LogP contribution is 2.19. The molecule has 1 aromatic carbocycles. The number of hydrogen-bond acceptors (Lipinski definition) is 4. The Morgan fingerprint density at radius 1 is 1.18 bits per heavy atom. The molecule has 5 heteroatoms. The van der Waals surface area contributed by atoms with Gasteiger partial charge in [0.05, 0.1) is 5.69 Å². The van der Waals surface area contributed by atoms with Gasteiger partial charge in [-0.2, -0.15) is 4.68 Å².